The molecule has 1 aromatic carbocycles. The van der Waals surface area contributed by atoms with Gasteiger partial charge in [0, 0.05) is 43.2 Å². The Bertz CT molecular complexity index is 1210. The summed E-state index contributed by atoms with van der Waals surface area (Å²) in [5, 5.41) is 13.6. The number of azo groups is 1. The Hall–Kier alpha value is -3.65. The molecular formula is C23H23N7O. The Balaban J connectivity index is 1.51. The van der Waals surface area contributed by atoms with E-state index < -0.39 is 0 Å². The van der Waals surface area contributed by atoms with Crippen molar-refractivity contribution in [1.29, 1.82) is 0 Å². The molecule has 0 atom stereocenters. The van der Waals surface area contributed by atoms with E-state index >= 15 is 0 Å². The van der Waals surface area contributed by atoms with Crippen LogP contribution >= 0.6 is 0 Å². The third-order valence-electron chi connectivity index (χ3n) is 5.21. The van der Waals surface area contributed by atoms with Crippen molar-refractivity contribution in [2.75, 3.05) is 31.2 Å². The summed E-state index contributed by atoms with van der Waals surface area (Å²) in [6, 6.07) is 16.1. The topological polar surface area (TPSA) is 80.3 Å². The summed E-state index contributed by atoms with van der Waals surface area (Å²) in [6.07, 6.45) is 3.53. The van der Waals surface area contributed by atoms with Gasteiger partial charge in [-0.15, -0.1) is 5.11 Å². The first-order valence-corrected chi connectivity index (χ1v) is 10.3. The molecule has 1 aliphatic heterocycles. The molecule has 5 rings (SSSR count). The highest BCUT2D eigenvalue weighted by Crippen LogP contribution is 2.27. The maximum absolute atomic E-state index is 5.53. The molecule has 4 heterocycles. The van der Waals surface area contributed by atoms with Crippen LogP contribution in [0.2, 0.25) is 0 Å². The second-order valence-corrected chi connectivity index (χ2v) is 7.50. The van der Waals surface area contributed by atoms with Gasteiger partial charge in [0.15, 0.2) is 11.5 Å². The average molecular weight is 413 g/mol. The van der Waals surface area contributed by atoms with E-state index in [4.69, 9.17) is 14.8 Å². The molecule has 3 aromatic heterocycles. The van der Waals surface area contributed by atoms with E-state index in [1.165, 1.54) is 5.56 Å². The third-order valence-corrected chi connectivity index (χ3v) is 5.21. The van der Waals surface area contributed by atoms with E-state index in [1.54, 1.807) is 12.4 Å². The fraction of sp³-hybridized carbons (Fsp3) is 0.261. The highest BCUT2D eigenvalue weighted by Gasteiger charge is 2.18. The molecule has 1 aliphatic rings. The van der Waals surface area contributed by atoms with Gasteiger partial charge in [0.05, 0.1) is 25.5 Å². The van der Waals surface area contributed by atoms with Crippen LogP contribution in [0.5, 0.6) is 0 Å². The molecule has 156 valence electrons. The van der Waals surface area contributed by atoms with Gasteiger partial charge in [-0.25, -0.2) is 4.98 Å². The van der Waals surface area contributed by atoms with Crippen molar-refractivity contribution < 1.29 is 4.74 Å². The molecule has 8 nitrogen and oxygen atoms in total. The molecule has 0 amide bonds. The Morgan fingerprint density at radius 1 is 1.03 bits per heavy atom. The van der Waals surface area contributed by atoms with Gasteiger partial charge < -0.3 is 9.64 Å². The van der Waals surface area contributed by atoms with Gasteiger partial charge in [0.1, 0.15) is 5.82 Å². The van der Waals surface area contributed by atoms with E-state index in [2.05, 4.69) is 45.2 Å². The monoisotopic (exact) mass is 413 g/mol. The van der Waals surface area contributed by atoms with Crippen molar-refractivity contribution >= 4 is 17.3 Å². The molecule has 0 aliphatic carbocycles. The fourth-order valence-electron chi connectivity index (χ4n) is 3.68. The highest BCUT2D eigenvalue weighted by molar-refractivity contribution is 5.67. The van der Waals surface area contributed by atoms with Crippen LogP contribution in [-0.2, 0) is 11.3 Å². The lowest BCUT2D eigenvalue weighted by Gasteiger charge is -2.28. The summed E-state index contributed by atoms with van der Waals surface area (Å²) in [5.74, 6) is 1.51. The Kier molecular flexibility index (Phi) is 5.37. The second kappa shape index (κ2) is 8.61. The molecule has 31 heavy (non-hydrogen) atoms. The van der Waals surface area contributed by atoms with Crippen molar-refractivity contribution in [3.05, 3.63) is 72.1 Å². The van der Waals surface area contributed by atoms with Crippen LogP contribution in [0.25, 0.3) is 16.9 Å². The van der Waals surface area contributed by atoms with Crippen LogP contribution < -0.4 is 4.90 Å². The Morgan fingerprint density at radius 2 is 1.87 bits per heavy atom. The van der Waals surface area contributed by atoms with Crippen LogP contribution in [0, 0.1) is 6.92 Å². The minimum absolute atomic E-state index is 0.517. The summed E-state index contributed by atoms with van der Waals surface area (Å²) in [6.45, 7) is 5.56. The quantitative estimate of drug-likeness (QED) is 0.458. The number of rotatable bonds is 5. The highest BCUT2D eigenvalue weighted by atomic mass is 16.5. The van der Waals surface area contributed by atoms with Crippen molar-refractivity contribution in [3.63, 3.8) is 0 Å². The number of benzene rings is 1. The van der Waals surface area contributed by atoms with Crippen molar-refractivity contribution in [1.82, 2.24) is 19.6 Å². The predicted molar refractivity (Wildman–Crippen MR) is 119 cm³/mol. The molecule has 1 fully saturated rings. The fourth-order valence-corrected chi connectivity index (χ4v) is 3.68. The largest absolute Gasteiger partial charge is 0.378 e. The predicted octanol–water partition coefficient (Wildman–Crippen LogP) is 4.22. The third kappa shape index (κ3) is 4.29. The standard InChI is InChI=1S/C23H23N7O/c1-17-3-2-4-18(13-17)16-25-27-21-15-23(29-9-11-31-12-10-29)30-22(26-21)14-20(28-30)19-5-7-24-8-6-19/h2-8,13-15H,9-12,16H2,1H3. The van der Waals surface area contributed by atoms with Gasteiger partial charge in [-0.2, -0.15) is 14.7 Å². The summed E-state index contributed by atoms with van der Waals surface area (Å²) >= 11 is 0. The van der Waals surface area contributed by atoms with E-state index in [0.717, 1.165) is 41.4 Å². The van der Waals surface area contributed by atoms with Gasteiger partial charge in [-0.1, -0.05) is 29.8 Å². The minimum atomic E-state index is 0.517. The summed E-state index contributed by atoms with van der Waals surface area (Å²) < 4.78 is 7.40. The number of aryl methyl sites for hydroxylation is 1. The number of anilines is 1. The molecule has 4 aromatic rings. The van der Waals surface area contributed by atoms with Gasteiger partial charge >= 0.3 is 0 Å². The number of morpholine rings is 1. The number of hydrogen-bond donors (Lipinski definition) is 0. The first-order chi connectivity index (χ1) is 15.3. The zero-order valence-electron chi connectivity index (χ0n) is 17.3. The van der Waals surface area contributed by atoms with Gasteiger partial charge in [0.25, 0.3) is 0 Å². The molecule has 0 radical (unpaired) electrons. The first kappa shape index (κ1) is 19.3. The summed E-state index contributed by atoms with van der Waals surface area (Å²) in [7, 11) is 0. The van der Waals surface area contributed by atoms with Crippen LogP contribution in [0.3, 0.4) is 0 Å². The zero-order chi connectivity index (χ0) is 21.0. The second-order valence-electron chi connectivity index (χ2n) is 7.50. The average Bonchev–Trinajstić information content (AvgIpc) is 3.24. The zero-order valence-corrected chi connectivity index (χ0v) is 17.3. The smallest absolute Gasteiger partial charge is 0.179 e. The molecule has 0 bridgehead atoms. The molecule has 8 heteroatoms. The number of hydrogen-bond acceptors (Lipinski definition) is 7. The number of nitrogens with zero attached hydrogens (tertiary/aromatic N) is 7. The number of fused-ring (bicyclic) bond motifs is 1. The van der Waals surface area contributed by atoms with E-state index in [1.807, 2.05) is 34.8 Å². The lowest BCUT2D eigenvalue weighted by Crippen LogP contribution is -2.37. The van der Waals surface area contributed by atoms with E-state index in [0.29, 0.717) is 25.6 Å². The maximum atomic E-state index is 5.53. The summed E-state index contributed by atoms with van der Waals surface area (Å²) in [5.41, 5.74) is 4.92. The molecule has 0 saturated carbocycles. The Morgan fingerprint density at radius 3 is 2.68 bits per heavy atom. The van der Waals surface area contributed by atoms with Crippen LogP contribution in [0.4, 0.5) is 11.6 Å². The summed E-state index contributed by atoms with van der Waals surface area (Å²) in [4.78, 5) is 11.0. The molecule has 0 unspecified atom stereocenters. The number of pyridine rings is 1. The van der Waals surface area contributed by atoms with E-state index in [9.17, 15) is 0 Å². The van der Waals surface area contributed by atoms with Crippen molar-refractivity contribution in [3.8, 4) is 11.3 Å². The first-order valence-electron chi connectivity index (χ1n) is 10.3. The van der Waals surface area contributed by atoms with Crippen molar-refractivity contribution in [2.45, 2.75) is 13.5 Å². The van der Waals surface area contributed by atoms with Gasteiger partial charge in [-0.3, -0.25) is 4.98 Å². The van der Waals surface area contributed by atoms with Crippen LogP contribution in [-0.4, -0.2) is 45.9 Å². The van der Waals surface area contributed by atoms with E-state index in [-0.39, 0.29) is 0 Å². The van der Waals surface area contributed by atoms with Crippen LogP contribution in [0.15, 0.2) is 71.2 Å². The molecule has 0 N–H and O–H groups in total. The lowest BCUT2D eigenvalue weighted by atomic mass is 10.1. The molecule has 1 saturated heterocycles. The SMILES string of the molecule is Cc1cccc(CN=Nc2cc(N3CCOCC3)n3nc(-c4ccncc4)cc3n2)c1. The van der Waals surface area contributed by atoms with Crippen LogP contribution in [0.1, 0.15) is 11.1 Å². The van der Waals surface area contributed by atoms with Gasteiger partial charge in [-0.05, 0) is 24.6 Å². The molecule has 0 spiro atoms. The Labute approximate surface area is 180 Å². The molecular weight excluding hydrogens is 390 g/mol. The van der Waals surface area contributed by atoms with Gasteiger partial charge in [0.2, 0.25) is 0 Å². The van der Waals surface area contributed by atoms with Crippen molar-refractivity contribution in [2.24, 2.45) is 10.2 Å². The normalized spacial score (nSPS) is 14.5. The number of aromatic nitrogens is 4. The maximum Gasteiger partial charge on any atom is 0.179 e. The number of ether oxygens (including phenoxy) is 1. The lowest BCUT2D eigenvalue weighted by molar-refractivity contribution is 0.122. The minimum Gasteiger partial charge on any atom is -0.378 e.